The predicted molar refractivity (Wildman–Crippen MR) is 69.1 cm³/mol. The van der Waals surface area contributed by atoms with Gasteiger partial charge in [0.1, 0.15) is 0 Å². The Morgan fingerprint density at radius 3 is 2.81 bits per heavy atom. The first-order valence-corrected chi connectivity index (χ1v) is 5.70. The number of ether oxygens (including phenoxy) is 1. The predicted octanol–water partition coefficient (Wildman–Crippen LogP) is 2.57. The minimum Gasteiger partial charge on any atom is -0.504 e. The number of nitrogens with two attached hydrogens (primary N) is 1. The van der Waals surface area contributed by atoms with Crippen LogP contribution in [0.1, 0.15) is 31.7 Å². The summed E-state index contributed by atoms with van der Waals surface area (Å²) in [6.45, 7) is 4.38. The van der Waals surface area contributed by atoms with E-state index in [0.717, 1.165) is 5.56 Å². The van der Waals surface area contributed by atoms with E-state index in [-0.39, 0.29) is 11.7 Å². The molecule has 1 atom stereocenters. The standard InChI is InChI=1S/C12H17NO2S/c1-3-15-10-6-4-5-9(12(10)14)8(2)7-11(13)16/h4-6,8,14H,3,7H2,1-2H3,(H2,13,16). The lowest BCUT2D eigenvalue weighted by Crippen LogP contribution is -2.11. The number of hydrogen-bond acceptors (Lipinski definition) is 3. The maximum Gasteiger partial charge on any atom is 0.161 e. The van der Waals surface area contributed by atoms with E-state index < -0.39 is 0 Å². The van der Waals surface area contributed by atoms with Gasteiger partial charge < -0.3 is 15.6 Å². The smallest absolute Gasteiger partial charge is 0.161 e. The highest BCUT2D eigenvalue weighted by Gasteiger charge is 2.14. The van der Waals surface area contributed by atoms with Crippen LogP contribution in [-0.4, -0.2) is 16.7 Å². The quantitative estimate of drug-likeness (QED) is 0.775. The van der Waals surface area contributed by atoms with E-state index in [1.54, 1.807) is 6.07 Å². The first kappa shape index (κ1) is 12.8. The molecule has 0 aliphatic heterocycles. The van der Waals surface area contributed by atoms with Crippen LogP contribution in [0.2, 0.25) is 0 Å². The SMILES string of the molecule is CCOc1cccc(C(C)CC(N)=S)c1O. The zero-order chi connectivity index (χ0) is 12.1. The van der Waals surface area contributed by atoms with Gasteiger partial charge in [-0.05, 0) is 18.9 Å². The van der Waals surface area contributed by atoms with Gasteiger partial charge in [0, 0.05) is 12.0 Å². The molecule has 0 heterocycles. The van der Waals surface area contributed by atoms with Crippen LogP contribution >= 0.6 is 12.2 Å². The van der Waals surface area contributed by atoms with Crippen LogP contribution < -0.4 is 10.5 Å². The Balaban J connectivity index is 2.95. The van der Waals surface area contributed by atoms with Gasteiger partial charge in [-0.3, -0.25) is 0 Å². The largest absolute Gasteiger partial charge is 0.504 e. The van der Waals surface area contributed by atoms with Crippen molar-refractivity contribution in [3.8, 4) is 11.5 Å². The molecule has 0 spiro atoms. The first-order valence-electron chi connectivity index (χ1n) is 5.29. The first-order chi connectivity index (χ1) is 7.56. The highest BCUT2D eigenvalue weighted by molar-refractivity contribution is 7.80. The Labute approximate surface area is 101 Å². The minimum atomic E-state index is 0.0953. The summed E-state index contributed by atoms with van der Waals surface area (Å²) in [6.07, 6.45) is 0.582. The molecule has 1 aromatic carbocycles. The number of phenolic OH excluding ortho intramolecular Hbond substituents is 1. The van der Waals surface area contributed by atoms with Crippen molar-refractivity contribution in [2.45, 2.75) is 26.2 Å². The molecular weight excluding hydrogens is 222 g/mol. The molecule has 0 aromatic heterocycles. The molecule has 0 aliphatic carbocycles. The van der Waals surface area contributed by atoms with Gasteiger partial charge in [0.25, 0.3) is 0 Å². The highest BCUT2D eigenvalue weighted by Crippen LogP contribution is 2.35. The normalized spacial score (nSPS) is 12.1. The molecule has 1 unspecified atom stereocenters. The summed E-state index contributed by atoms with van der Waals surface area (Å²) in [7, 11) is 0. The topological polar surface area (TPSA) is 55.5 Å². The third-order valence-electron chi connectivity index (χ3n) is 2.37. The fourth-order valence-electron chi connectivity index (χ4n) is 1.62. The fraction of sp³-hybridized carbons (Fsp3) is 0.417. The van der Waals surface area contributed by atoms with Crippen molar-refractivity contribution in [1.29, 1.82) is 0 Å². The van der Waals surface area contributed by atoms with E-state index in [0.29, 0.717) is 23.8 Å². The van der Waals surface area contributed by atoms with Crippen molar-refractivity contribution in [1.82, 2.24) is 0 Å². The Kier molecular flexibility index (Phi) is 4.55. The van der Waals surface area contributed by atoms with E-state index in [9.17, 15) is 5.11 Å². The third kappa shape index (κ3) is 3.10. The number of aromatic hydroxyl groups is 1. The van der Waals surface area contributed by atoms with Crippen LogP contribution in [0.15, 0.2) is 18.2 Å². The second-order valence-electron chi connectivity index (χ2n) is 3.70. The van der Waals surface area contributed by atoms with E-state index in [4.69, 9.17) is 22.7 Å². The lowest BCUT2D eigenvalue weighted by Gasteiger charge is -2.15. The molecule has 0 saturated heterocycles. The Bertz CT molecular complexity index is 379. The second kappa shape index (κ2) is 5.70. The van der Waals surface area contributed by atoms with Crippen molar-refractivity contribution < 1.29 is 9.84 Å². The maximum absolute atomic E-state index is 9.99. The molecule has 88 valence electrons. The van der Waals surface area contributed by atoms with Crippen LogP contribution in [0.25, 0.3) is 0 Å². The summed E-state index contributed by atoms with van der Waals surface area (Å²) >= 11 is 4.86. The average Bonchev–Trinajstić information content (AvgIpc) is 2.20. The summed E-state index contributed by atoms with van der Waals surface area (Å²) < 4.78 is 5.32. The lowest BCUT2D eigenvalue weighted by molar-refractivity contribution is 0.316. The third-order valence-corrected chi connectivity index (χ3v) is 2.54. The molecule has 1 aromatic rings. The molecule has 4 heteroatoms. The molecule has 0 saturated carbocycles. The molecule has 3 nitrogen and oxygen atoms in total. The Morgan fingerprint density at radius 2 is 2.25 bits per heavy atom. The van der Waals surface area contributed by atoms with Gasteiger partial charge in [-0.15, -0.1) is 0 Å². The lowest BCUT2D eigenvalue weighted by atomic mass is 9.96. The Hall–Kier alpha value is -1.29. The van der Waals surface area contributed by atoms with Gasteiger partial charge in [0.2, 0.25) is 0 Å². The molecule has 1 rings (SSSR count). The van der Waals surface area contributed by atoms with Crippen LogP contribution in [0.3, 0.4) is 0 Å². The van der Waals surface area contributed by atoms with Gasteiger partial charge in [-0.25, -0.2) is 0 Å². The van der Waals surface area contributed by atoms with Gasteiger partial charge in [0.15, 0.2) is 11.5 Å². The summed E-state index contributed by atoms with van der Waals surface area (Å²) in [5.74, 6) is 0.792. The minimum absolute atomic E-state index is 0.0953. The van der Waals surface area contributed by atoms with Crippen molar-refractivity contribution in [3.63, 3.8) is 0 Å². The molecule has 0 fully saturated rings. The molecule has 0 bridgehead atoms. The van der Waals surface area contributed by atoms with Crippen molar-refractivity contribution in [2.24, 2.45) is 5.73 Å². The summed E-state index contributed by atoms with van der Waals surface area (Å²) in [6, 6.07) is 5.47. The van der Waals surface area contributed by atoms with Crippen molar-refractivity contribution in [2.75, 3.05) is 6.61 Å². The molecule has 16 heavy (non-hydrogen) atoms. The van der Waals surface area contributed by atoms with Crippen molar-refractivity contribution in [3.05, 3.63) is 23.8 Å². The van der Waals surface area contributed by atoms with Crippen LogP contribution in [-0.2, 0) is 0 Å². The maximum atomic E-state index is 9.99. The number of para-hydroxylation sites is 1. The van der Waals surface area contributed by atoms with Crippen molar-refractivity contribution >= 4 is 17.2 Å². The fourth-order valence-corrected chi connectivity index (χ4v) is 1.87. The number of hydrogen-bond donors (Lipinski definition) is 2. The number of phenols is 1. The molecule has 0 amide bonds. The Morgan fingerprint density at radius 1 is 1.56 bits per heavy atom. The zero-order valence-corrected chi connectivity index (χ0v) is 10.4. The highest BCUT2D eigenvalue weighted by atomic mass is 32.1. The second-order valence-corrected chi connectivity index (χ2v) is 4.22. The monoisotopic (exact) mass is 239 g/mol. The van der Waals surface area contributed by atoms with E-state index in [1.165, 1.54) is 0 Å². The molecule has 0 radical (unpaired) electrons. The number of thiocarbonyl (C=S) groups is 1. The number of rotatable bonds is 5. The van der Waals surface area contributed by atoms with E-state index in [2.05, 4.69) is 0 Å². The van der Waals surface area contributed by atoms with Crippen LogP contribution in [0.4, 0.5) is 0 Å². The summed E-state index contributed by atoms with van der Waals surface area (Å²) in [5.41, 5.74) is 6.31. The van der Waals surface area contributed by atoms with E-state index in [1.807, 2.05) is 26.0 Å². The molecule has 3 N–H and O–H groups in total. The zero-order valence-electron chi connectivity index (χ0n) is 9.56. The van der Waals surface area contributed by atoms with Crippen LogP contribution in [0, 0.1) is 0 Å². The van der Waals surface area contributed by atoms with Crippen LogP contribution in [0.5, 0.6) is 11.5 Å². The summed E-state index contributed by atoms with van der Waals surface area (Å²) in [4.78, 5) is 0.453. The van der Waals surface area contributed by atoms with Gasteiger partial charge in [-0.1, -0.05) is 31.3 Å². The average molecular weight is 239 g/mol. The van der Waals surface area contributed by atoms with Gasteiger partial charge in [-0.2, -0.15) is 0 Å². The number of benzene rings is 1. The van der Waals surface area contributed by atoms with Gasteiger partial charge >= 0.3 is 0 Å². The summed E-state index contributed by atoms with van der Waals surface area (Å²) in [5, 5.41) is 9.99. The van der Waals surface area contributed by atoms with E-state index >= 15 is 0 Å². The van der Waals surface area contributed by atoms with Gasteiger partial charge in [0.05, 0.1) is 11.6 Å². The molecular formula is C12H17NO2S. The molecule has 0 aliphatic rings.